The van der Waals surface area contributed by atoms with Crippen LogP contribution in [0.4, 0.5) is 16.6 Å². The summed E-state index contributed by atoms with van der Waals surface area (Å²) in [5.74, 6) is 0.836. The van der Waals surface area contributed by atoms with Gasteiger partial charge in [0.2, 0.25) is 5.95 Å². The van der Waals surface area contributed by atoms with Crippen molar-refractivity contribution in [2.75, 3.05) is 23.9 Å². The molecule has 0 saturated carbocycles. The Hall–Kier alpha value is -3.17. The number of ether oxygens (including phenoxy) is 2. The number of rotatable bonds is 7. The number of carbonyl (C=O) groups is 1. The van der Waals surface area contributed by atoms with E-state index in [1.54, 1.807) is 25.7 Å². The zero-order valence-corrected chi connectivity index (χ0v) is 18.2. The van der Waals surface area contributed by atoms with Gasteiger partial charge in [0.25, 0.3) is 0 Å². The van der Waals surface area contributed by atoms with Crippen molar-refractivity contribution in [2.24, 2.45) is 0 Å². The van der Waals surface area contributed by atoms with Gasteiger partial charge in [-0.3, -0.25) is 4.90 Å². The molecule has 1 fully saturated rings. The average molecular weight is 443 g/mol. The van der Waals surface area contributed by atoms with Crippen LogP contribution < -0.4 is 10.2 Å². The number of nitrogens with one attached hydrogen (secondary N) is 1. The lowest BCUT2D eigenvalue weighted by Crippen LogP contribution is -2.42. The van der Waals surface area contributed by atoms with Crippen LogP contribution in [-0.2, 0) is 9.47 Å². The van der Waals surface area contributed by atoms with Gasteiger partial charge in [-0.2, -0.15) is 4.98 Å². The van der Waals surface area contributed by atoms with Crippen LogP contribution >= 0.6 is 11.6 Å². The summed E-state index contributed by atoms with van der Waals surface area (Å²) in [6.07, 6.45) is 4.62. The van der Waals surface area contributed by atoms with E-state index in [4.69, 9.17) is 21.1 Å². The molecule has 1 aromatic carbocycles. The lowest BCUT2D eigenvalue weighted by molar-refractivity contribution is 0.0881. The number of nitrogens with zero attached hydrogens (tertiary/aromatic N) is 5. The molecular weight excluding hydrogens is 420 g/mol. The van der Waals surface area contributed by atoms with Crippen molar-refractivity contribution in [1.82, 2.24) is 19.5 Å². The summed E-state index contributed by atoms with van der Waals surface area (Å²) in [5.41, 5.74) is 1.77. The first-order chi connectivity index (χ1) is 15.0. The van der Waals surface area contributed by atoms with Gasteiger partial charge < -0.3 is 19.4 Å². The van der Waals surface area contributed by atoms with Gasteiger partial charge in [-0.25, -0.2) is 14.8 Å². The highest BCUT2D eigenvalue weighted by Crippen LogP contribution is 2.25. The standard InChI is InChI=1S/C21H23ClN6O3/c1-13(17-10-27(12-24-17)16-6-4-15(22)5-7-16)25-20-23-9-8-19(26-20)28-18(14(2)30-3)11-31-21(28)29/h4-10,12-14,18H,11H2,1-3H3,(H,23,25,26)/t13-,14+,18+/m0/s1. The third-order valence-electron chi connectivity index (χ3n) is 5.22. The van der Waals surface area contributed by atoms with Gasteiger partial charge in [0.15, 0.2) is 0 Å². The molecule has 4 rings (SSSR count). The molecule has 10 heteroatoms. The van der Waals surface area contributed by atoms with Gasteiger partial charge in [0.1, 0.15) is 18.5 Å². The van der Waals surface area contributed by atoms with E-state index in [-0.39, 0.29) is 24.8 Å². The Morgan fingerprint density at radius 2 is 2.00 bits per heavy atom. The van der Waals surface area contributed by atoms with Crippen LogP contribution in [0.5, 0.6) is 0 Å². The van der Waals surface area contributed by atoms with Crippen molar-refractivity contribution in [3.05, 3.63) is 59.8 Å². The number of hydrogen-bond acceptors (Lipinski definition) is 7. The van der Waals surface area contributed by atoms with Crippen LogP contribution in [0.15, 0.2) is 49.1 Å². The fourth-order valence-electron chi connectivity index (χ4n) is 3.34. The van der Waals surface area contributed by atoms with Crippen LogP contribution in [0, 0.1) is 0 Å². The highest BCUT2D eigenvalue weighted by atomic mass is 35.5. The van der Waals surface area contributed by atoms with E-state index < -0.39 is 6.09 Å². The first kappa shape index (κ1) is 21.1. The molecule has 0 radical (unpaired) electrons. The molecule has 3 aromatic rings. The number of amides is 1. The SMILES string of the molecule is CO[C@H](C)[C@H]1COC(=O)N1c1ccnc(N[C@@H](C)c2cn(-c3ccc(Cl)cc3)cn2)n1. The van der Waals surface area contributed by atoms with Crippen molar-refractivity contribution >= 4 is 29.5 Å². The van der Waals surface area contributed by atoms with Gasteiger partial charge >= 0.3 is 6.09 Å². The normalized spacial score (nSPS) is 18.0. The lowest BCUT2D eigenvalue weighted by Gasteiger charge is -2.25. The van der Waals surface area contributed by atoms with Gasteiger partial charge in [-0.1, -0.05) is 11.6 Å². The van der Waals surface area contributed by atoms with Crippen LogP contribution in [0.25, 0.3) is 5.69 Å². The Morgan fingerprint density at radius 3 is 2.74 bits per heavy atom. The number of carbonyl (C=O) groups excluding carboxylic acids is 1. The van der Waals surface area contributed by atoms with E-state index in [9.17, 15) is 4.79 Å². The number of imidazole rings is 1. The minimum Gasteiger partial charge on any atom is -0.447 e. The molecule has 1 N–H and O–H groups in total. The van der Waals surface area contributed by atoms with E-state index in [1.165, 1.54) is 4.90 Å². The van der Waals surface area contributed by atoms with Crippen LogP contribution in [0.2, 0.25) is 5.02 Å². The van der Waals surface area contributed by atoms with Crippen molar-refractivity contribution < 1.29 is 14.3 Å². The summed E-state index contributed by atoms with van der Waals surface area (Å²) in [6.45, 7) is 4.10. The molecule has 2 aromatic heterocycles. The molecule has 1 amide bonds. The smallest absolute Gasteiger partial charge is 0.416 e. The molecule has 0 spiro atoms. The topological polar surface area (TPSA) is 94.4 Å². The largest absolute Gasteiger partial charge is 0.447 e. The summed E-state index contributed by atoms with van der Waals surface area (Å²) in [4.78, 5) is 27.0. The number of aromatic nitrogens is 4. The third-order valence-corrected chi connectivity index (χ3v) is 5.48. The van der Waals surface area contributed by atoms with Gasteiger partial charge in [0.05, 0.1) is 24.2 Å². The van der Waals surface area contributed by atoms with E-state index >= 15 is 0 Å². The second kappa shape index (κ2) is 8.91. The molecule has 0 unspecified atom stereocenters. The Morgan fingerprint density at radius 1 is 1.23 bits per heavy atom. The minimum absolute atomic E-state index is 0.164. The number of benzene rings is 1. The second-order valence-electron chi connectivity index (χ2n) is 7.24. The number of cyclic esters (lactones) is 1. The number of halogens is 1. The van der Waals surface area contributed by atoms with Crippen molar-refractivity contribution in [2.45, 2.75) is 32.0 Å². The molecule has 1 aliphatic rings. The van der Waals surface area contributed by atoms with Crippen molar-refractivity contribution in [3.8, 4) is 5.69 Å². The number of anilines is 2. The average Bonchev–Trinajstić information content (AvgIpc) is 3.41. The van der Waals surface area contributed by atoms with Gasteiger partial charge in [-0.15, -0.1) is 0 Å². The highest BCUT2D eigenvalue weighted by Gasteiger charge is 2.39. The molecule has 1 aliphatic heterocycles. The highest BCUT2D eigenvalue weighted by molar-refractivity contribution is 6.30. The van der Waals surface area contributed by atoms with Gasteiger partial charge in [0, 0.05) is 30.2 Å². The second-order valence-corrected chi connectivity index (χ2v) is 7.68. The Labute approximate surface area is 185 Å². The van der Waals surface area contributed by atoms with Crippen LogP contribution in [0.1, 0.15) is 25.6 Å². The molecule has 0 aliphatic carbocycles. The van der Waals surface area contributed by atoms with Crippen LogP contribution in [-0.4, -0.2) is 51.5 Å². The van der Waals surface area contributed by atoms with Crippen molar-refractivity contribution in [1.29, 1.82) is 0 Å². The third kappa shape index (κ3) is 4.47. The predicted octanol–water partition coefficient (Wildman–Crippen LogP) is 3.85. The summed E-state index contributed by atoms with van der Waals surface area (Å²) < 4.78 is 12.5. The molecule has 9 nitrogen and oxygen atoms in total. The quantitative estimate of drug-likeness (QED) is 0.593. The van der Waals surface area contributed by atoms with Crippen molar-refractivity contribution in [3.63, 3.8) is 0 Å². The van der Waals surface area contributed by atoms with Gasteiger partial charge in [-0.05, 0) is 44.2 Å². The fraction of sp³-hybridized carbons (Fsp3) is 0.333. The maximum Gasteiger partial charge on any atom is 0.416 e. The Balaban J connectivity index is 1.50. The first-order valence-corrected chi connectivity index (χ1v) is 10.2. The van der Waals surface area contributed by atoms with Crippen LogP contribution in [0.3, 0.4) is 0 Å². The summed E-state index contributed by atoms with van der Waals surface area (Å²) >= 11 is 5.96. The molecule has 162 valence electrons. The molecule has 31 heavy (non-hydrogen) atoms. The molecule has 0 bridgehead atoms. The summed E-state index contributed by atoms with van der Waals surface area (Å²) in [6, 6.07) is 8.76. The van der Waals surface area contributed by atoms with E-state index in [1.807, 2.05) is 48.9 Å². The predicted molar refractivity (Wildman–Crippen MR) is 117 cm³/mol. The van der Waals surface area contributed by atoms with E-state index in [0.29, 0.717) is 16.8 Å². The van der Waals surface area contributed by atoms with E-state index in [2.05, 4.69) is 20.3 Å². The summed E-state index contributed by atoms with van der Waals surface area (Å²) in [5, 5.41) is 3.92. The molecule has 3 heterocycles. The Kier molecular flexibility index (Phi) is 6.06. The molecular formula is C21H23ClN6O3. The summed E-state index contributed by atoms with van der Waals surface area (Å²) in [7, 11) is 1.60. The monoisotopic (exact) mass is 442 g/mol. The zero-order valence-electron chi connectivity index (χ0n) is 17.4. The fourth-order valence-corrected chi connectivity index (χ4v) is 3.46. The minimum atomic E-state index is -0.451. The van der Waals surface area contributed by atoms with E-state index in [0.717, 1.165) is 11.4 Å². The Bertz CT molecular complexity index is 1060. The maximum atomic E-state index is 12.3. The molecule has 3 atom stereocenters. The maximum absolute atomic E-state index is 12.3. The number of methoxy groups -OCH3 is 1. The molecule has 1 saturated heterocycles. The number of hydrogen-bond donors (Lipinski definition) is 1. The lowest BCUT2D eigenvalue weighted by atomic mass is 10.2. The zero-order chi connectivity index (χ0) is 22.0. The first-order valence-electron chi connectivity index (χ1n) is 9.84.